The fraction of sp³-hybridized carbons (Fsp3) is 0.538. The number of primary amides is 1. The zero-order valence-electron chi connectivity index (χ0n) is 13.9. The topological polar surface area (TPSA) is 231 Å². The van der Waals surface area contributed by atoms with Crippen molar-refractivity contribution >= 4 is 35.6 Å². The lowest BCUT2D eigenvalue weighted by Crippen LogP contribution is -2.53. The average Bonchev–Trinajstić information content (AvgIpc) is 2.50. The van der Waals surface area contributed by atoms with Crippen LogP contribution in [-0.2, 0) is 28.8 Å². The van der Waals surface area contributed by atoms with Gasteiger partial charge in [-0.05, 0) is 6.92 Å². The molecule has 0 saturated carbocycles. The highest BCUT2D eigenvalue weighted by Crippen LogP contribution is 1.95. The molecule has 13 nitrogen and oxygen atoms in total. The van der Waals surface area contributed by atoms with Crippen LogP contribution in [0.4, 0.5) is 0 Å². The molecule has 13 heteroatoms. The van der Waals surface area contributed by atoms with E-state index >= 15 is 0 Å². The van der Waals surface area contributed by atoms with Crippen LogP contribution < -0.4 is 27.4 Å². The number of hydrogen-bond acceptors (Lipinski definition) is 7. The molecule has 0 spiro atoms. The van der Waals surface area contributed by atoms with Crippen LogP contribution in [0.15, 0.2) is 0 Å². The van der Waals surface area contributed by atoms with E-state index in [2.05, 4.69) is 10.6 Å². The highest BCUT2D eigenvalue weighted by atomic mass is 16.4. The Hall–Kier alpha value is -3.22. The van der Waals surface area contributed by atoms with Crippen LogP contribution in [-0.4, -0.2) is 70.5 Å². The Labute approximate surface area is 147 Å². The van der Waals surface area contributed by atoms with Crippen LogP contribution in [0.3, 0.4) is 0 Å². The Morgan fingerprint density at radius 3 is 2.00 bits per heavy atom. The van der Waals surface area contributed by atoms with Crippen molar-refractivity contribution in [2.45, 2.75) is 37.9 Å². The van der Waals surface area contributed by atoms with Crippen LogP contribution in [0.2, 0.25) is 0 Å². The molecule has 4 amide bonds. The number of nitrogens with two attached hydrogens (primary N) is 2. The van der Waals surface area contributed by atoms with E-state index in [1.807, 2.05) is 5.32 Å². The van der Waals surface area contributed by atoms with Crippen LogP contribution in [0, 0.1) is 0 Å². The van der Waals surface area contributed by atoms with Gasteiger partial charge in [0.15, 0.2) is 0 Å². The predicted molar refractivity (Wildman–Crippen MR) is 84.2 cm³/mol. The maximum absolute atomic E-state index is 11.9. The van der Waals surface area contributed by atoms with E-state index in [4.69, 9.17) is 21.7 Å². The summed E-state index contributed by atoms with van der Waals surface area (Å²) >= 11 is 0. The number of carboxylic acid groups (broad SMARTS) is 2. The Morgan fingerprint density at radius 1 is 0.962 bits per heavy atom. The summed E-state index contributed by atoms with van der Waals surface area (Å²) in [6.07, 6.45) is -1.25. The largest absolute Gasteiger partial charge is 0.481 e. The number of rotatable bonds is 11. The molecule has 3 atom stereocenters. The number of nitrogens with one attached hydrogen (secondary N) is 3. The summed E-state index contributed by atoms with van der Waals surface area (Å²) in [5, 5.41) is 23.7. The van der Waals surface area contributed by atoms with Gasteiger partial charge in [0.2, 0.25) is 23.6 Å². The molecule has 0 radical (unpaired) electrons. The van der Waals surface area contributed by atoms with Gasteiger partial charge in [-0.2, -0.15) is 0 Å². The Morgan fingerprint density at radius 2 is 1.54 bits per heavy atom. The summed E-state index contributed by atoms with van der Waals surface area (Å²) in [5.74, 6) is -6.38. The minimum atomic E-state index is -1.56. The van der Waals surface area contributed by atoms with Crippen LogP contribution in [0.5, 0.6) is 0 Å². The maximum atomic E-state index is 11.9. The van der Waals surface area contributed by atoms with E-state index in [0.29, 0.717) is 0 Å². The van der Waals surface area contributed by atoms with Gasteiger partial charge in [0.05, 0.1) is 25.4 Å². The first kappa shape index (κ1) is 22.8. The lowest BCUT2D eigenvalue weighted by atomic mass is 10.1. The number of carboxylic acids is 2. The molecular weight excluding hydrogens is 354 g/mol. The third-order valence-corrected chi connectivity index (χ3v) is 2.94. The molecule has 146 valence electrons. The second-order valence-electron chi connectivity index (χ2n) is 5.28. The van der Waals surface area contributed by atoms with Crippen molar-refractivity contribution in [3.8, 4) is 0 Å². The van der Waals surface area contributed by atoms with Crippen molar-refractivity contribution in [3.05, 3.63) is 0 Å². The molecule has 0 aromatic heterocycles. The zero-order valence-corrected chi connectivity index (χ0v) is 13.9. The van der Waals surface area contributed by atoms with Crippen molar-refractivity contribution in [1.29, 1.82) is 0 Å². The van der Waals surface area contributed by atoms with Gasteiger partial charge in [-0.25, -0.2) is 0 Å². The first-order valence-corrected chi connectivity index (χ1v) is 7.30. The molecule has 0 rings (SSSR count). The van der Waals surface area contributed by atoms with Crippen LogP contribution in [0.25, 0.3) is 0 Å². The predicted octanol–water partition coefficient (Wildman–Crippen LogP) is -4.15. The number of aliphatic carboxylic acids is 2. The lowest BCUT2D eigenvalue weighted by molar-refractivity contribution is -0.143. The van der Waals surface area contributed by atoms with E-state index in [1.54, 1.807) is 0 Å². The second-order valence-corrected chi connectivity index (χ2v) is 5.28. The van der Waals surface area contributed by atoms with Gasteiger partial charge in [0.1, 0.15) is 12.1 Å². The Kier molecular flexibility index (Phi) is 9.29. The molecule has 0 aromatic carbocycles. The average molecular weight is 375 g/mol. The maximum Gasteiger partial charge on any atom is 0.325 e. The van der Waals surface area contributed by atoms with Gasteiger partial charge in [-0.3, -0.25) is 28.8 Å². The van der Waals surface area contributed by atoms with Crippen LogP contribution >= 0.6 is 0 Å². The fourth-order valence-corrected chi connectivity index (χ4v) is 1.61. The van der Waals surface area contributed by atoms with Gasteiger partial charge in [-0.15, -0.1) is 0 Å². The zero-order chi connectivity index (χ0) is 20.4. The minimum absolute atomic E-state index is 0.440. The molecule has 0 bridgehead atoms. The van der Waals surface area contributed by atoms with Crippen molar-refractivity contribution < 1.29 is 39.0 Å². The van der Waals surface area contributed by atoms with Crippen molar-refractivity contribution in [1.82, 2.24) is 16.0 Å². The third-order valence-electron chi connectivity index (χ3n) is 2.94. The summed E-state index contributed by atoms with van der Waals surface area (Å²) in [7, 11) is 0. The molecule has 0 heterocycles. The first-order chi connectivity index (χ1) is 11.9. The standard InChI is InChI=1S/C13H21N5O8/c1-5(13(25)26)17-12(24)7(3-10(21)22)18-9(20)4-16-11(23)6(14)2-8(15)19/h5-7H,2-4,14H2,1H3,(H2,15,19)(H,16,23)(H,17,24)(H,18,20)(H,21,22)(H,25,26). The van der Waals surface area contributed by atoms with E-state index in [1.165, 1.54) is 0 Å². The molecule has 0 saturated heterocycles. The Balaban J connectivity index is 4.70. The molecule has 26 heavy (non-hydrogen) atoms. The van der Waals surface area contributed by atoms with Gasteiger partial charge >= 0.3 is 11.9 Å². The molecule has 0 aliphatic rings. The molecule has 9 N–H and O–H groups in total. The smallest absolute Gasteiger partial charge is 0.325 e. The van der Waals surface area contributed by atoms with Crippen molar-refractivity contribution in [2.75, 3.05) is 6.54 Å². The van der Waals surface area contributed by atoms with Gasteiger partial charge in [0, 0.05) is 0 Å². The summed E-state index contributed by atoms with van der Waals surface area (Å²) in [5.41, 5.74) is 10.2. The van der Waals surface area contributed by atoms with Crippen LogP contribution in [0.1, 0.15) is 19.8 Å². The molecule has 0 aromatic rings. The quantitative estimate of drug-likeness (QED) is 0.185. The first-order valence-electron chi connectivity index (χ1n) is 7.30. The van der Waals surface area contributed by atoms with E-state index < -0.39 is 73.1 Å². The number of carbonyl (C=O) groups is 6. The van der Waals surface area contributed by atoms with E-state index in [9.17, 15) is 28.8 Å². The molecule has 3 unspecified atom stereocenters. The fourth-order valence-electron chi connectivity index (χ4n) is 1.61. The number of carbonyl (C=O) groups excluding carboxylic acids is 4. The molecule has 0 fully saturated rings. The van der Waals surface area contributed by atoms with Gasteiger partial charge in [-0.1, -0.05) is 0 Å². The normalized spacial score (nSPS) is 13.6. The van der Waals surface area contributed by atoms with E-state index in [-0.39, 0.29) is 0 Å². The second kappa shape index (κ2) is 10.6. The number of amides is 4. The van der Waals surface area contributed by atoms with Crippen molar-refractivity contribution in [2.24, 2.45) is 11.5 Å². The SMILES string of the molecule is CC(NC(=O)C(CC(=O)O)NC(=O)CNC(=O)C(N)CC(N)=O)C(=O)O. The highest BCUT2D eigenvalue weighted by Gasteiger charge is 2.26. The molecular formula is C13H21N5O8. The highest BCUT2D eigenvalue weighted by molar-refractivity contribution is 5.94. The summed E-state index contributed by atoms with van der Waals surface area (Å²) in [4.78, 5) is 67.3. The summed E-state index contributed by atoms with van der Waals surface area (Å²) in [6, 6.07) is -4.13. The van der Waals surface area contributed by atoms with Gasteiger partial charge in [0.25, 0.3) is 0 Å². The van der Waals surface area contributed by atoms with Gasteiger partial charge < -0.3 is 37.6 Å². The summed E-state index contributed by atoms with van der Waals surface area (Å²) in [6.45, 7) is 0.503. The van der Waals surface area contributed by atoms with E-state index in [0.717, 1.165) is 6.92 Å². The number of hydrogen-bond donors (Lipinski definition) is 7. The lowest BCUT2D eigenvalue weighted by Gasteiger charge is -2.19. The third kappa shape index (κ3) is 9.17. The van der Waals surface area contributed by atoms with Crippen molar-refractivity contribution in [3.63, 3.8) is 0 Å². The molecule has 0 aliphatic heterocycles. The Bertz CT molecular complexity index is 593. The molecule has 0 aliphatic carbocycles. The monoisotopic (exact) mass is 375 g/mol. The summed E-state index contributed by atoms with van der Waals surface area (Å²) < 4.78 is 0. The minimum Gasteiger partial charge on any atom is -0.481 e.